The summed E-state index contributed by atoms with van der Waals surface area (Å²) in [5.41, 5.74) is 3.04. The number of rotatable bonds is 10. The van der Waals surface area contributed by atoms with Crippen LogP contribution in [0.4, 0.5) is 5.69 Å². The summed E-state index contributed by atoms with van der Waals surface area (Å²) >= 11 is 0. The number of nitrogens with zero attached hydrogens (tertiary/aromatic N) is 1. The highest BCUT2D eigenvalue weighted by Crippen LogP contribution is 2.31. The van der Waals surface area contributed by atoms with Gasteiger partial charge in [-0.3, -0.25) is 9.10 Å². The zero-order valence-electron chi connectivity index (χ0n) is 20.5. The lowest BCUT2D eigenvalue weighted by Gasteiger charge is -2.20. The number of hydrogen-bond acceptors (Lipinski definition) is 6. The van der Waals surface area contributed by atoms with Gasteiger partial charge in [-0.1, -0.05) is 12.1 Å². The Morgan fingerprint density at radius 1 is 0.914 bits per heavy atom. The van der Waals surface area contributed by atoms with Crippen molar-refractivity contribution in [1.29, 1.82) is 0 Å². The number of benzene rings is 3. The summed E-state index contributed by atoms with van der Waals surface area (Å²) in [6.45, 7) is 4.68. The molecule has 3 aromatic rings. The van der Waals surface area contributed by atoms with E-state index in [4.69, 9.17) is 14.2 Å². The Morgan fingerprint density at radius 2 is 1.60 bits per heavy atom. The second-order valence-electron chi connectivity index (χ2n) is 7.84. The molecule has 1 amide bonds. The van der Waals surface area contributed by atoms with E-state index in [-0.39, 0.29) is 10.8 Å². The minimum atomic E-state index is -3.85. The van der Waals surface area contributed by atoms with Crippen molar-refractivity contribution < 1.29 is 27.4 Å². The highest BCUT2D eigenvalue weighted by Gasteiger charge is 2.23. The van der Waals surface area contributed by atoms with Gasteiger partial charge in [0.2, 0.25) is 0 Å². The third-order valence-electron chi connectivity index (χ3n) is 5.71. The first-order valence-corrected chi connectivity index (χ1v) is 12.4. The molecular weight excluding hydrogens is 468 g/mol. The molecule has 0 unspecified atom stereocenters. The molecule has 186 valence electrons. The number of amides is 1. The summed E-state index contributed by atoms with van der Waals surface area (Å²) in [7, 11) is 0.520. The molecule has 0 aromatic heterocycles. The lowest BCUT2D eigenvalue weighted by Crippen LogP contribution is -2.29. The number of aryl methyl sites for hydroxylation is 1. The molecule has 0 radical (unpaired) electrons. The third kappa shape index (κ3) is 5.86. The molecule has 0 aliphatic heterocycles. The summed E-state index contributed by atoms with van der Waals surface area (Å²) in [6, 6.07) is 16.6. The first kappa shape index (κ1) is 25.9. The molecule has 0 aliphatic rings. The molecule has 0 spiro atoms. The van der Waals surface area contributed by atoms with Gasteiger partial charge >= 0.3 is 0 Å². The van der Waals surface area contributed by atoms with Gasteiger partial charge in [-0.15, -0.1) is 0 Å². The summed E-state index contributed by atoms with van der Waals surface area (Å²) in [5, 5.41) is 2.81. The number of anilines is 1. The van der Waals surface area contributed by atoms with E-state index >= 15 is 0 Å². The molecule has 3 rings (SSSR count). The molecule has 0 aliphatic carbocycles. The minimum absolute atomic E-state index is 0.0586. The molecule has 0 atom stereocenters. The van der Waals surface area contributed by atoms with Crippen LogP contribution in [0.2, 0.25) is 0 Å². The fraction of sp³-hybridized carbons (Fsp3) is 0.269. The Hall–Kier alpha value is -3.72. The van der Waals surface area contributed by atoms with Crippen molar-refractivity contribution in [3.63, 3.8) is 0 Å². The average Bonchev–Trinajstić information content (AvgIpc) is 2.87. The largest absolute Gasteiger partial charge is 0.493 e. The van der Waals surface area contributed by atoms with Gasteiger partial charge in [-0.05, 0) is 67.4 Å². The predicted octanol–water partition coefficient (Wildman–Crippen LogP) is 3.95. The van der Waals surface area contributed by atoms with Gasteiger partial charge in [0.15, 0.2) is 11.5 Å². The summed E-state index contributed by atoms with van der Waals surface area (Å²) < 4.78 is 43.5. The monoisotopic (exact) mass is 498 g/mol. The normalized spacial score (nSPS) is 11.0. The fourth-order valence-corrected chi connectivity index (χ4v) is 4.62. The van der Waals surface area contributed by atoms with Crippen molar-refractivity contribution in [2.75, 3.05) is 38.7 Å². The molecule has 1 N–H and O–H groups in total. The fourth-order valence-electron chi connectivity index (χ4n) is 3.40. The van der Waals surface area contributed by atoms with Gasteiger partial charge in [0.05, 0.1) is 31.3 Å². The van der Waals surface area contributed by atoms with Gasteiger partial charge in [0, 0.05) is 18.7 Å². The van der Waals surface area contributed by atoms with E-state index in [0.717, 1.165) is 21.2 Å². The van der Waals surface area contributed by atoms with Gasteiger partial charge in [-0.2, -0.15) is 0 Å². The molecular formula is C26H30N2O6S. The molecule has 0 bridgehead atoms. The van der Waals surface area contributed by atoms with Crippen LogP contribution in [-0.4, -0.2) is 48.7 Å². The minimum Gasteiger partial charge on any atom is -0.493 e. The highest BCUT2D eigenvalue weighted by molar-refractivity contribution is 7.92. The van der Waals surface area contributed by atoms with Crippen LogP contribution in [0.15, 0.2) is 65.6 Å². The van der Waals surface area contributed by atoms with Crippen LogP contribution in [-0.2, 0) is 10.0 Å². The van der Waals surface area contributed by atoms with E-state index in [0.29, 0.717) is 35.9 Å². The molecule has 9 heteroatoms. The standard InChI is InChI=1S/C26H30N2O6S/c1-18-7-6-8-23(19(18)2)34-16-15-27-26(29)20-9-11-21(12-10-20)28(3)35(30,31)22-13-14-24(32-4)25(17-22)33-5/h6-14,17H,15-16H2,1-5H3,(H,27,29). The molecule has 35 heavy (non-hydrogen) atoms. The SMILES string of the molecule is COc1ccc(S(=O)(=O)N(C)c2ccc(C(=O)NCCOc3cccc(C)c3C)cc2)cc1OC. The maximum Gasteiger partial charge on any atom is 0.264 e. The molecule has 0 heterocycles. The zero-order valence-corrected chi connectivity index (χ0v) is 21.3. The van der Waals surface area contributed by atoms with Gasteiger partial charge in [-0.25, -0.2) is 8.42 Å². The second kappa shape index (κ2) is 11.1. The van der Waals surface area contributed by atoms with Crippen LogP contribution >= 0.6 is 0 Å². The summed E-state index contributed by atoms with van der Waals surface area (Å²) in [5.74, 6) is 1.27. The average molecular weight is 499 g/mol. The maximum atomic E-state index is 13.1. The van der Waals surface area contributed by atoms with E-state index in [9.17, 15) is 13.2 Å². The van der Waals surface area contributed by atoms with Crippen LogP contribution in [0.5, 0.6) is 17.2 Å². The number of carbonyl (C=O) groups excluding carboxylic acids is 1. The molecule has 3 aromatic carbocycles. The van der Waals surface area contributed by atoms with Crippen LogP contribution in [0.25, 0.3) is 0 Å². The molecule has 0 fully saturated rings. The summed E-state index contributed by atoms with van der Waals surface area (Å²) in [4.78, 5) is 12.5. The van der Waals surface area contributed by atoms with Gasteiger partial charge in [0.25, 0.3) is 15.9 Å². The van der Waals surface area contributed by atoms with E-state index in [1.165, 1.54) is 39.5 Å². The number of ether oxygens (including phenoxy) is 3. The van der Waals surface area contributed by atoms with Crippen molar-refractivity contribution in [2.24, 2.45) is 0 Å². The quantitative estimate of drug-likeness (QED) is 0.426. The van der Waals surface area contributed by atoms with Gasteiger partial charge in [0.1, 0.15) is 12.4 Å². The maximum absolute atomic E-state index is 13.1. The Balaban J connectivity index is 1.62. The lowest BCUT2D eigenvalue weighted by atomic mass is 10.1. The van der Waals surface area contributed by atoms with Crippen molar-refractivity contribution in [3.8, 4) is 17.2 Å². The first-order chi connectivity index (χ1) is 16.7. The Labute approximate surface area is 206 Å². The van der Waals surface area contributed by atoms with Crippen LogP contribution in [0.3, 0.4) is 0 Å². The van der Waals surface area contributed by atoms with Crippen LogP contribution in [0, 0.1) is 13.8 Å². The van der Waals surface area contributed by atoms with Crippen molar-refractivity contribution in [3.05, 3.63) is 77.4 Å². The van der Waals surface area contributed by atoms with Crippen LogP contribution < -0.4 is 23.8 Å². The number of methoxy groups -OCH3 is 2. The Bertz CT molecular complexity index is 1290. The lowest BCUT2D eigenvalue weighted by molar-refractivity contribution is 0.0947. The van der Waals surface area contributed by atoms with Crippen LogP contribution in [0.1, 0.15) is 21.5 Å². The third-order valence-corrected chi connectivity index (χ3v) is 7.49. The number of hydrogen-bond donors (Lipinski definition) is 1. The Morgan fingerprint density at radius 3 is 2.26 bits per heavy atom. The van der Waals surface area contributed by atoms with Crippen molar-refractivity contribution in [2.45, 2.75) is 18.7 Å². The predicted molar refractivity (Wildman–Crippen MR) is 135 cm³/mol. The van der Waals surface area contributed by atoms with E-state index in [2.05, 4.69) is 5.32 Å². The topological polar surface area (TPSA) is 94.2 Å². The number of sulfonamides is 1. The van der Waals surface area contributed by atoms with Gasteiger partial charge < -0.3 is 19.5 Å². The molecule has 0 saturated carbocycles. The zero-order chi connectivity index (χ0) is 25.6. The van der Waals surface area contributed by atoms with Crippen molar-refractivity contribution in [1.82, 2.24) is 5.32 Å². The number of nitrogens with one attached hydrogen (secondary N) is 1. The number of carbonyl (C=O) groups is 1. The highest BCUT2D eigenvalue weighted by atomic mass is 32.2. The molecule has 0 saturated heterocycles. The van der Waals surface area contributed by atoms with E-state index in [1.807, 2.05) is 32.0 Å². The van der Waals surface area contributed by atoms with E-state index < -0.39 is 10.0 Å². The molecule has 8 nitrogen and oxygen atoms in total. The van der Waals surface area contributed by atoms with E-state index in [1.54, 1.807) is 24.3 Å². The second-order valence-corrected chi connectivity index (χ2v) is 9.81. The first-order valence-electron chi connectivity index (χ1n) is 11.0. The smallest absolute Gasteiger partial charge is 0.264 e. The summed E-state index contributed by atoms with van der Waals surface area (Å²) in [6.07, 6.45) is 0. The Kier molecular flexibility index (Phi) is 8.24. The van der Waals surface area contributed by atoms with Crippen molar-refractivity contribution >= 4 is 21.6 Å².